The summed E-state index contributed by atoms with van der Waals surface area (Å²) in [5.41, 5.74) is -0.388. The first-order valence-electron chi connectivity index (χ1n) is 7.14. The Morgan fingerprint density at radius 2 is 1.82 bits per heavy atom. The summed E-state index contributed by atoms with van der Waals surface area (Å²) >= 11 is 0. The maximum Gasteiger partial charge on any atom is 0.0815 e. The lowest BCUT2D eigenvalue weighted by molar-refractivity contribution is -0.119. The molecule has 98 valence electrons. The summed E-state index contributed by atoms with van der Waals surface area (Å²) in [4.78, 5) is 4.93. The molecule has 4 fully saturated rings. The molecule has 0 aromatic carbocycles. The predicted molar refractivity (Wildman–Crippen MR) is 68.0 cm³/mol. The standard InChI is InChI=1S/C13H25N3O/c17-13(3-8-15-9-4-14-5-10-15)11-16-6-1-12(13)2-7-16/h12,14,17H,1-11H2. The Kier molecular flexibility index (Phi) is 3.39. The van der Waals surface area contributed by atoms with Crippen LogP contribution in [0, 0.1) is 5.92 Å². The number of hydrogen-bond donors (Lipinski definition) is 2. The summed E-state index contributed by atoms with van der Waals surface area (Å²) in [6, 6.07) is 0. The van der Waals surface area contributed by atoms with Gasteiger partial charge in [-0.25, -0.2) is 0 Å². The van der Waals surface area contributed by atoms with Gasteiger partial charge in [0.05, 0.1) is 5.60 Å². The van der Waals surface area contributed by atoms with Crippen molar-refractivity contribution < 1.29 is 5.11 Å². The van der Waals surface area contributed by atoms with E-state index in [1.165, 1.54) is 25.9 Å². The van der Waals surface area contributed by atoms with Gasteiger partial charge in [-0.1, -0.05) is 0 Å². The van der Waals surface area contributed by atoms with Crippen LogP contribution in [0.4, 0.5) is 0 Å². The Bertz CT molecular complexity index is 259. The lowest BCUT2D eigenvalue weighted by Crippen LogP contribution is -2.60. The fraction of sp³-hybridized carbons (Fsp3) is 1.00. The Labute approximate surface area is 104 Å². The van der Waals surface area contributed by atoms with Gasteiger partial charge in [0, 0.05) is 39.3 Å². The van der Waals surface area contributed by atoms with Crippen LogP contribution in [0.3, 0.4) is 0 Å². The highest BCUT2D eigenvalue weighted by Gasteiger charge is 2.44. The van der Waals surface area contributed by atoms with Crippen LogP contribution in [0.15, 0.2) is 0 Å². The minimum absolute atomic E-state index is 0.388. The molecule has 0 aliphatic carbocycles. The lowest BCUT2D eigenvalue weighted by Gasteiger charge is -2.51. The Morgan fingerprint density at radius 1 is 1.12 bits per heavy atom. The highest BCUT2D eigenvalue weighted by atomic mass is 16.3. The molecule has 4 nitrogen and oxygen atoms in total. The van der Waals surface area contributed by atoms with Crippen LogP contribution in [0.25, 0.3) is 0 Å². The van der Waals surface area contributed by atoms with Crippen molar-refractivity contribution in [3.05, 3.63) is 0 Å². The van der Waals surface area contributed by atoms with E-state index in [9.17, 15) is 5.11 Å². The van der Waals surface area contributed by atoms with Gasteiger partial charge in [0.2, 0.25) is 0 Å². The first-order valence-corrected chi connectivity index (χ1v) is 7.14. The van der Waals surface area contributed by atoms with Crippen molar-refractivity contribution in [2.24, 2.45) is 5.92 Å². The topological polar surface area (TPSA) is 38.7 Å². The van der Waals surface area contributed by atoms with Crippen molar-refractivity contribution in [3.8, 4) is 0 Å². The maximum absolute atomic E-state index is 10.8. The summed E-state index contributed by atoms with van der Waals surface area (Å²) < 4.78 is 0. The van der Waals surface area contributed by atoms with Crippen LogP contribution in [0.1, 0.15) is 19.3 Å². The predicted octanol–water partition coefficient (Wildman–Crippen LogP) is -0.262. The summed E-state index contributed by atoms with van der Waals surface area (Å²) in [7, 11) is 0. The molecule has 0 radical (unpaired) electrons. The van der Waals surface area contributed by atoms with E-state index in [-0.39, 0.29) is 5.60 Å². The molecule has 1 atom stereocenters. The third-order valence-electron chi connectivity index (χ3n) is 4.92. The van der Waals surface area contributed by atoms with Crippen molar-refractivity contribution >= 4 is 0 Å². The maximum atomic E-state index is 10.8. The van der Waals surface area contributed by atoms with Gasteiger partial charge in [0.1, 0.15) is 0 Å². The Hall–Kier alpha value is -0.160. The van der Waals surface area contributed by atoms with Crippen LogP contribution in [0.5, 0.6) is 0 Å². The second kappa shape index (κ2) is 4.84. The molecule has 0 spiro atoms. The number of nitrogens with zero attached hydrogens (tertiary/aromatic N) is 2. The molecule has 4 aliphatic rings. The second-order valence-corrected chi connectivity index (χ2v) is 6.00. The van der Waals surface area contributed by atoms with Crippen LogP contribution >= 0.6 is 0 Å². The monoisotopic (exact) mass is 239 g/mol. The van der Waals surface area contributed by atoms with E-state index in [4.69, 9.17) is 0 Å². The average molecular weight is 239 g/mol. The summed E-state index contributed by atoms with van der Waals surface area (Å²) in [5.74, 6) is 0.565. The molecule has 4 rings (SSSR count). The first-order chi connectivity index (χ1) is 8.26. The van der Waals surface area contributed by atoms with E-state index in [1.54, 1.807) is 0 Å². The number of fused-ring (bicyclic) bond motifs is 3. The van der Waals surface area contributed by atoms with Crippen LogP contribution in [-0.4, -0.2) is 72.9 Å². The van der Waals surface area contributed by atoms with Crippen molar-refractivity contribution in [1.82, 2.24) is 15.1 Å². The smallest absolute Gasteiger partial charge is 0.0815 e. The highest BCUT2D eigenvalue weighted by molar-refractivity contribution is 4.98. The number of piperidine rings is 3. The van der Waals surface area contributed by atoms with Crippen LogP contribution in [0.2, 0.25) is 0 Å². The van der Waals surface area contributed by atoms with Crippen molar-refractivity contribution in [2.75, 3.05) is 52.4 Å². The summed E-state index contributed by atoms with van der Waals surface area (Å²) in [5, 5.41) is 14.2. The lowest BCUT2D eigenvalue weighted by atomic mass is 9.73. The van der Waals surface area contributed by atoms with Crippen molar-refractivity contribution in [3.63, 3.8) is 0 Å². The molecule has 4 heterocycles. The number of piperazine rings is 1. The number of nitrogens with one attached hydrogen (secondary N) is 1. The SMILES string of the molecule is OC1(CCN2CCNCC2)CN2CCC1CC2. The first kappa shape index (κ1) is 11.9. The van der Waals surface area contributed by atoms with Crippen LogP contribution < -0.4 is 5.32 Å². The molecule has 2 N–H and O–H groups in total. The van der Waals surface area contributed by atoms with Gasteiger partial charge in [-0.2, -0.15) is 0 Å². The molecule has 2 bridgehead atoms. The number of hydrogen-bond acceptors (Lipinski definition) is 4. The minimum atomic E-state index is -0.388. The molecule has 4 heteroatoms. The fourth-order valence-electron chi connectivity index (χ4n) is 3.71. The highest BCUT2D eigenvalue weighted by Crippen LogP contribution is 2.37. The van der Waals surface area contributed by atoms with Crippen LogP contribution in [-0.2, 0) is 0 Å². The van der Waals surface area contributed by atoms with Gasteiger partial charge >= 0.3 is 0 Å². The molecule has 1 unspecified atom stereocenters. The Morgan fingerprint density at radius 3 is 2.41 bits per heavy atom. The van der Waals surface area contributed by atoms with E-state index in [0.29, 0.717) is 5.92 Å². The zero-order valence-corrected chi connectivity index (χ0v) is 10.7. The van der Waals surface area contributed by atoms with Gasteiger partial charge in [-0.15, -0.1) is 0 Å². The molecule has 0 aromatic heterocycles. The van der Waals surface area contributed by atoms with E-state index in [1.807, 2.05) is 0 Å². The number of rotatable bonds is 3. The number of aliphatic hydroxyl groups is 1. The van der Waals surface area contributed by atoms with E-state index < -0.39 is 0 Å². The van der Waals surface area contributed by atoms with Gasteiger partial charge in [-0.3, -0.25) is 0 Å². The Balaban J connectivity index is 1.53. The third kappa shape index (κ3) is 2.50. The molecule has 17 heavy (non-hydrogen) atoms. The van der Waals surface area contributed by atoms with Crippen molar-refractivity contribution in [1.29, 1.82) is 0 Å². The normalized spacial score (nSPS) is 42.9. The molecule has 0 aromatic rings. The van der Waals surface area contributed by atoms with Gasteiger partial charge < -0.3 is 20.2 Å². The molecule has 0 saturated carbocycles. The molecule has 4 saturated heterocycles. The minimum Gasteiger partial charge on any atom is -0.388 e. The van der Waals surface area contributed by atoms with Gasteiger partial charge in [-0.05, 0) is 38.3 Å². The van der Waals surface area contributed by atoms with Gasteiger partial charge in [0.25, 0.3) is 0 Å². The molecule has 0 amide bonds. The van der Waals surface area contributed by atoms with Crippen molar-refractivity contribution in [2.45, 2.75) is 24.9 Å². The van der Waals surface area contributed by atoms with E-state index in [2.05, 4.69) is 15.1 Å². The fourth-order valence-corrected chi connectivity index (χ4v) is 3.71. The third-order valence-corrected chi connectivity index (χ3v) is 4.92. The summed E-state index contributed by atoms with van der Waals surface area (Å²) in [6.45, 7) is 8.91. The average Bonchev–Trinajstić information content (AvgIpc) is 2.39. The summed E-state index contributed by atoms with van der Waals surface area (Å²) in [6.07, 6.45) is 3.38. The molecule has 4 aliphatic heterocycles. The van der Waals surface area contributed by atoms with E-state index >= 15 is 0 Å². The molecular weight excluding hydrogens is 214 g/mol. The van der Waals surface area contributed by atoms with E-state index in [0.717, 1.165) is 45.7 Å². The quantitative estimate of drug-likeness (QED) is 0.712. The van der Waals surface area contributed by atoms with Gasteiger partial charge in [0.15, 0.2) is 0 Å². The molecular formula is C13H25N3O. The largest absolute Gasteiger partial charge is 0.388 e. The second-order valence-electron chi connectivity index (χ2n) is 6.00. The zero-order chi connectivity index (χ0) is 11.7. The zero-order valence-electron chi connectivity index (χ0n) is 10.7.